The standard InChI is InChI=1S/C20H24N2O2.Na.H/c23-19(24)20(21-18-9-5-2-6-10-18)12-15-22(16-13-20)14-11-17-7-3-1-4-8-17;;/h1-10,21H,11-16H2,(H,23,24);;. The van der Waals surface area contributed by atoms with Gasteiger partial charge in [-0.05, 0) is 37.0 Å². The van der Waals surface area contributed by atoms with Gasteiger partial charge in [0.1, 0.15) is 5.54 Å². The van der Waals surface area contributed by atoms with E-state index >= 15 is 0 Å². The van der Waals surface area contributed by atoms with E-state index in [9.17, 15) is 9.90 Å². The fraction of sp³-hybridized carbons (Fsp3) is 0.350. The number of anilines is 1. The Bertz CT molecular complexity index is 656. The molecule has 1 aliphatic heterocycles. The Labute approximate surface area is 171 Å². The van der Waals surface area contributed by atoms with E-state index in [0.29, 0.717) is 12.8 Å². The van der Waals surface area contributed by atoms with Gasteiger partial charge in [-0.1, -0.05) is 48.5 Å². The minimum atomic E-state index is -0.857. The van der Waals surface area contributed by atoms with Gasteiger partial charge in [0, 0.05) is 25.3 Å². The Balaban J connectivity index is 0.00000225. The molecule has 0 radical (unpaired) electrons. The van der Waals surface area contributed by atoms with E-state index in [2.05, 4.69) is 34.5 Å². The van der Waals surface area contributed by atoms with Crippen molar-refractivity contribution < 1.29 is 9.90 Å². The normalized spacial score (nSPS) is 16.6. The number of carboxylic acids is 1. The number of aliphatic carboxylic acids is 1. The summed E-state index contributed by atoms with van der Waals surface area (Å²) in [5.41, 5.74) is 1.34. The molecule has 2 aromatic rings. The quantitative estimate of drug-likeness (QED) is 0.788. The van der Waals surface area contributed by atoms with Gasteiger partial charge in [-0.2, -0.15) is 0 Å². The van der Waals surface area contributed by atoms with Crippen LogP contribution in [0.2, 0.25) is 0 Å². The van der Waals surface area contributed by atoms with E-state index in [1.54, 1.807) is 0 Å². The molecule has 1 heterocycles. The SMILES string of the molecule is O=C(O)C1(Nc2ccccc2)CCN(CCc2ccccc2)CC1.[NaH]. The number of carboxylic acid groups (broad SMARTS) is 1. The Hall–Kier alpha value is -1.33. The van der Waals surface area contributed by atoms with E-state index < -0.39 is 11.5 Å². The Morgan fingerprint density at radius 3 is 2.12 bits per heavy atom. The van der Waals surface area contributed by atoms with Crippen molar-refractivity contribution in [3.8, 4) is 0 Å². The van der Waals surface area contributed by atoms with Gasteiger partial charge in [-0.3, -0.25) is 0 Å². The summed E-state index contributed by atoms with van der Waals surface area (Å²) in [4.78, 5) is 14.2. The van der Waals surface area contributed by atoms with Crippen molar-refractivity contribution in [1.82, 2.24) is 4.90 Å². The van der Waals surface area contributed by atoms with Gasteiger partial charge in [-0.25, -0.2) is 4.79 Å². The van der Waals surface area contributed by atoms with Crippen molar-refractivity contribution in [2.75, 3.05) is 25.0 Å². The van der Waals surface area contributed by atoms with Crippen molar-refractivity contribution in [2.24, 2.45) is 0 Å². The topological polar surface area (TPSA) is 52.6 Å². The first-order valence-electron chi connectivity index (χ1n) is 8.51. The van der Waals surface area contributed by atoms with Crippen LogP contribution in [0.15, 0.2) is 60.7 Å². The van der Waals surface area contributed by atoms with Gasteiger partial charge >= 0.3 is 35.5 Å². The number of hydrogen-bond donors (Lipinski definition) is 2. The Morgan fingerprint density at radius 1 is 1.00 bits per heavy atom. The van der Waals surface area contributed by atoms with Crippen LogP contribution in [0.4, 0.5) is 5.69 Å². The van der Waals surface area contributed by atoms with Gasteiger partial charge < -0.3 is 15.3 Å². The average Bonchev–Trinajstić information content (AvgIpc) is 2.63. The second-order valence-corrected chi connectivity index (χ2v) is 6.46. The zero-order valence-electron chi connectivity index (χ0n) is 13.8. The molecule has 0 bridgehead atoms. The Kier molecular flexibility index (Phi) is 7.51. The first-order valence-corrected chi connectivity index (χ1v) is 8.51. The molecule has 1 saturated heterocycles. The van der Waals surface area contributed by atoms with E-state index in [-0.39, 0.29) is 29.6 Å². The third-order valence-corrected chi connectivity index (χ3v) is 4.84. The predicted molar refractivity (Wildman–Crippen MR) is 103 cm³/mol. The van der Waals surface area contributed by atoms with Crippen LogP contribution in [0.3, 0.4) is 0 Å². The average molecular weight is 348 g/mol. The summed E-state index contributed by atoms with van der Waals surface area (Å²) in [6.45, 7) is 2.59. The van der Waals surface area contributed by atoms with Gasteiger partial charge in [0.05, 0.1) is 0 Å². The molecule has 0 amide bonds. The summed E-state index contributed by atoms with van der Waals surface area (Å²) in [6.07, 6.45) is 2.24. The molecule has 128 valence electrons. The number of hydrogen-bond acceptors (Lipinski definition) is 3. The molecule has 4 nitrogen and oxygen atoms in total. The third kappa shape index (κ3) is 5.32. The van der Waals surface area contributed by atoms with Crippen LogP contribution in [0.25, 0.3) is 0 Å². The van der Waals surface area contributed by atoms with Crippen molar-refractivity contribution in [3.05, 3.63) is 66.2 Å². The third-order valence-electron chi connectivity index (χ3n) is 4.84. The van der Waals surface area contributed by atoms with Crippen LogP contribution in [0.1, 0.15) is 18.4 Å². The van der Waals surface area contributed by atoms with Crippen LogP contribution < -0.4 is 5.32 Å². The van der Waals surface area contributed by atoms with Crippen molar-refractivity contribution >= 4 is 41.2 Å². The maximum absolute atomic E-state index is 11.9. The first kappa shape index (κ1) is 20.0. The number of rotatable bonds is 6. The molecule has 3 rings (SSSR count). The molecule has 1 fully saturated rings. The van der Waals surface area contributed by atoms with Crippen molar-refractivity contribution in [3.63, 3.8) is 0 Å². The molecule has 0 spiro atoms. The second kappa shape index (κ2) is 9.39. The van der Waals surface area contributed by atoms with Gasteiger partial charge in [0.2, 0.25) is 0 Å². The fourth-order valence-corrected chi connectivity index (χ4v) is 3.28. The number of likely N-dealkylation sites (tertiary alicyclic amines) is 1. The van der Waals surface area contributed by atoms with Gasteiger partial charge in [0.15, 0.2) is 0 Å². The number of piperidine rings is 1. The van der Waals surface area contributed by atoms with Gasteiger partial charge in [0.25, 0.3) is 0 Å². The summed E-state index contributed by atoms with van der Waals surface area (Å²) in [6, 6.07) is 20.1. The number of carbonyl (C=O) groups is 1. The summed E-state index contributed by atoms with van der Waals surface area (Å²) in [5.74, 6) is -0.755. The predicted octanol–water partition coefficient (Wildman–Crippen LogP) is 2.61. The van der Waals surface area contributed by atoms with Crippen LogP contribution in [0.5, 0.6) is 0 Å². The van der Waals surface area contributed by atoms with Crippen LogP contribution >= 0.6 is 0 Å². The molecular formula is C20H25N2NaO2. The molecule has 0 aliphatic carbocycles. The monoisotopic (exact) mass is 348 g/mol. The molecule has 0 unspecified atom stereocenters. The van der Waals surface area contributed by atoms with Gasteiger partial charge in [-0.15, -0.1) is 0 Å². The molecule has 0 aromatic heterocycles. The van der Waals surface area contributed by atoms with E-state index in [0.717, 1.165) is 31.7 Å². The summed E-state index contributed by atoms with van der Waals surface area (Å²) >= 11 is 0. The molecular weight excluding hydrogens is 323 g/mol. The zero-order chi connectivity index (χ0) is 16.8. The molecule has 0 atom stereocenters. The van der Waals surface area contributed by atoms with Crippen molar-refractivity contribution in [1.29, 1.82) is 0 Å². The van der Waals surface area contributed by atoms with E-state index in [1.165, 1.54) is 5.56 Å². The number of nitrogens with zero attached hydrogens (tertiary/aromatic N) is 1. The van der Waals surface area contributed by atoms with Crippen LogP contribution in [-0.2, 0) is 11.2 Å². The number of nitrogens with one attached hydrogen (secondary N) is 1. The van der Waals surface area contributed by atoms with Crippen LogP contribution in [-0.4, -0.2) is 70.7 Å². The fourth-order valence-electron chi connectivity index (χ4n) is 3.28. The molecule has 5 heteroatoms. The maximum atomic E-state index is 11.9. The molecule has 2 aromatic carbocycles. The molecule has 0 saturated carbocycles. The Morgan fingerprint density at radius 2 is 1.56 bits per heavy atom. The molecule has 2 N–H and O–H groups in total. The minimum absolute atomic E-state index is 0. The summed E-state index contributed by atoms with van der Waals surface area (Å²) in [7, 11) is 0. The molecule has 1 aliphatic rings. The van der Waals surface area contributed by atoms with E-state index in [4.69, 9.17) is 0 Å². The molecule has 25 heavy (non-hydrogen) atoms. The summed E-state index contributed by atoms with van der Waals surface area (Å²) in [5, 5.41) is 13.0. The van der Waals surface area contributed by atoms with Crippen LogP contribution in [0, 0.1) is 0 Å². The summed E-state index contributed by atoms with van der Waals surface area (Å²) < 4.78 is 0. The van der Waals surface area contributed by atoms with Crippen molar-refractivity contribution in [2.45, 2.75) is 24.8 Å². The number of benzene rings is 2. The van der Waals surface area contributed by atoms with E-state index in [1.807, 2.05) is 36.4 Å². The number of para-hydroxylation sites is 1. The zero-order valence-corrected chi connectivity index (χ0v) is 13.8. The first-order chi connectivity index (χ1) is 11.7. The second-order valence-electron chi connectivity index (χ2n) is 6.46.